The molecule has 6 nitrogen and oxygen atoms in total. The molecule has 144 valence electrons. The van der Waals surface area contributed by atoms with Crippen molar-refractivity contribution in [3.05, 3.63) is 83.5 Å². The third kappa shape index (κ3) is 2.32. The third-order valence-corrected chi connectivity index (χ3v) is 5.89. The fourth-order valence-electron chi connectivity index (χ4n) is 4.37. The fraction of sp³-hybridized carbons (Fsp3) is 0.136. The van der Waals surface area contributed by atoms with Crippen LogP contribution in [0.5, 0.6) is 0 Å². The molecule has 2 amide bonds. The zero-order valence-electron chi connectivity index (χ0n) is 15.4. The van der Waals surface area contributed by atoms with E-state index in [1.807, 2.05) is 42.5 Å². The minimum Gasteiger partial charge on any atom is -0.310 e. The van der Waals surface area contributed by atoms with Crippen LogP contribution >= 0.6 is 11.6 Å². The number of carbonyl (C=O) groups is 2. The summed E-state index contributed by atoms with van der Waals surface area (Å²) in [7, 11) is 0. The van der Waals surface area contributed by atoms with Crippen molar-refractivity contribution >= 4 is 34.9 Å². The Labute approximate surface area is 172 Å². The molecule has 3 heterocycles. The van der Waals surface area contributed by atoms with Gasteiger partial charge in [0, 0.05) is 24.2 Å². The lowest BCUT2D eigenvalue weighted by atomic mass is 9.72. The molecule has 2 aliphatic rings. The third-order valence-electron chi connectivity index (χ3n) is 5.57. The number of hydrogen-bond acceptors (Lipinski definition) is 3. The highest BCUT2D eigenvalue weighted by atomic mass is 35.5. The van der Waals surface area contributed by atoms with Crippen LogP contribution in [0, 0.1) is 0 Å². The van der Waals surface area contributed by atoms with E-state index in [-0.39, 0.29) is 18.2 Å². The predicted octanol–water partition coefficient (Wildman–Crippen LogP) is 3.69. The van der Waals surface area contributed by atoms with Gasteiger partial charge >= 0.3 is 0 Å². The first-order chi connectivity index (χ1) is 14.1. The van der Waals surface area contributed by atoms with E-state index < -0.39 is 5.41 Å². The molecule has 0 unspecified atom stereocenters. The Morgan fingerprint density at radius 3 is 2.59 bits per heavy atom. The molecular weight excluding hydrogens is 388 g/mol. The van der Waals surface area contributed by atoms with E-state index >= 15 is 0 Å². The number of anilines is 2. The zero-order valence-corrected chi connectivity index (χ0v) is 16.2. The lowest BCUT2D eigenvalue weighted by Gasteiger charge is -2.32. The number of nitrogens with zero attached hydrogens (tertiary/aromatic N) is 3. The minimum absolute atomic E-state index is 0.0255. The molecule has 3 aromatic rings. The van der Waals surface area contributed by atoms with Gasteiger partial charge in [-0.2, -0.15) is 5.10 Å². The molecule has 2 aliphatic heterocycles. The van der Waals surface area contributed by atoms with E-state index in [0.717, 1.165) is 11.3 Å². The van der Waals surface area contributed by atoms with Crippen LogP contribution in [0.3, 0.4) is 0 Å². The van der Waals surface area contributed by atoms with Gasteiger partial charge in [0.1, 0.15) is 11.2 Å². The molecule has 1 N–H and O–H groups in total. The van der Waals surface area contributed by atoms with Crippen molar-refractivity contribution in [2.24, 2.45) is 0 Å². The van der Waals surface area contributed by atoms with E-state index in [2.05, 4.69) is 17.0 Å². The smallest absolute Gasteiger partial charge is 0.243 e. The molecule has 5 rings (SSSR count). The Balaban J connectivity index is 1.78. The van der Waals surface area contributed by atoms with Gasteiger partial charge in [0.05, 0.1) is 16.9 Å². The summed E-state index contributed by atoms with van der Waals surface area (Å²) in [4.78, 5) is 28.2. The van der Waals surface area contributed by atoms with Crippen LogP contribution in [0.2, 0.25) is 5.02 Å². The Morgan fingerprint density at radius 2 is 1.83 bits per heavy atom. The van der Waals surface area contributed by atoms with Crippen molar-refractivity contribution in [1.82, 2.24) is 9.78 Å². The van der Waals surface area contributed by atoms with Crippen LogP contribution in [0.1, 0.15) is 17.5 Å². The fourth-order valence-corrected chi connectivity index (χ4v) is 4.58. The average Bonchev–Trinajstić information content (AvgIpc) is 3.23. The number of fused-ring (bicyclic) bond motifs is 4. The number of nitrogens with one attached hydrogen (secondary N) is 1. The maximum absolute atomic E-state index is 13.7. The molecule has 0 fully saturated rings. The lowest BCUT2D eigenvalue weighted by Crippen LogP contribution is -2.46. The summed E-state index contributed by atoms with van der Waals surface area (Å²) in [5.74, 6) is 0.0845. The number of aromatic nitrogens is 2. The number of para-hydroxylation sites is 2. The van der Waals surface area contributed by atoms with Crippen LogP contribution < -0.4 is 10.2 Å². The summed E-state index contributed by atoms with van der Waals surface area (Å²) < 4.78 is 1.59. The lowest BCUT2D eigenvalue weighted by molar-refractivity contribution is -0.126. The van der Waals surface area contributed by atoms with Crippen molar-refractivity contribution in [2.45, 2.75) is 11.8 Å². The van der Waals surface area contributed by atoms with Gasteiger partial charge < -0.3 is 10.2 Å². The average molecular weight is 405 g/mol. The Bertz CT molecular complexity index is 1190. The van der Waals surface area contributed by atoms with Crippen LogP contribution in [0.25, 0.3) is 5.69 Å². The van der Waals surface area contributed by atoms with E-state index in [0.29, 0.717) is 28.6 Å². The molecule has 0 saturated carbocycles. The first-order valence-electron chi connectivity index (χ1n) is 9.23. The quantitative estimate of drug-likeness (QED) is 0.677. The second-order valence-electron chi connectivity index (χ2n) is 7.12. The molecule has 0 radical (unpaired) electrons. The summed E-state index contributed by atoms with van der Waals surface area (Å²) in [6.07, 6.45) is 3.37. The summed E-state index contributed by atoms with van der Waals surface area (Å²) in [6.45, 7) is 4.14. The highest BCUT2D eigenvalue weighted by molar-refractivity contribution is 6.32. The maximum Gasteiger partial charge on any atom is 0.243 e. The van der Waals surface area contributed by atoms with Crippen LogP contribution in [0.4, 0.5) is 11.5 Å². The van der Waals surface area contributed by atoms with Gasteiger partial charge in [0.15, 0.2) is 0 Å². The SMILES string of the molecule is C=CCN1C(=O)[C@]2(CC(=O)Nc3c2cnn3-c2ccccc2Cl)c2ccccc21. The Morgan fingerprint density at radius 1 is 1.10 bits per heavy atom. The van der Waals surface area contributed by atoms with Crippen LogP contribution in [0.15, 0.2) is 67.4 Å². The molecular formula is C22H17ClN4O2. The molecule has 29 heavy (non-hydrogen) atoms. The molecule has 1 spiro atoms. The second-order valence-corrected chi connectivity index (χ2v) is 7.53. The normalized spacial score (nSPS) is 19.8. The largest absolute Gasteiger partial charge is 0.310 e. The number of amides is 2. The van der Waals surface area contributed by atoms with Gasteiger partial charge in [0.25, 0.3) is 0 Å². The van der Waals surface area contributed by atoms with Crippen molar-refractivity contribution in [3.8, 4) is 5.69 Å². The summed E-state index contributed by atoms with van der Waals surface area (Å²) in [6, 6.07) is 14.8. The molecule has 1 atom stereocenters. The molecule has 1 aromatic heterocycles. The van der Waals surface area contributed by atoms with Gasteiger partial charge in [0.2, 0.25) is 11.8 Å². The van der Waals surface area contributed by atoms with Gasteiger partial charge in [-0.05, 0) is 23.8 Å². The Hall–Kier alpha value is -3.38. The second kappa shape index (κ2) is 6.32. The van der Waals surface area contributed by atoms with E-state index in [1.165, 1.54) is 0 Å². The van der Waals surface area contributed by atoms with Crippen molar-refractivity contribution in [2.75, 3.05) is 16.8 Å². The number of benzene rings is 2. The number of halogens is 1. The van der Waals surface area contributed by atoms with Crippen LogP contribution in [-0.4, -0.2) is 28.1 Å². The minimum atomic E-state index is -1.11. The number of rotatable bonds is 3. The van der Waals surface area contributed by atoms with Gasteiger partial charge in [-0.1, -0.05) is 48.0 Å². The van der Waals surface area contributed by atoms with Crippen molar-refractivity contribution in [3.63, 3.8) is 0 Å². The van der Waals surface area contributed by atoms with E-state index in [9.17, 15) is 9.59 Å². The Kier molecular flexibility index (Phi) is 3.86. The van der Waals surface area contributed by atoms with E-state index in [4.69, 9.17) is 11.6 Å². The zero-order chi connectivity index (χ0) is 20.2. The monoisotopic (exact) mass is 404 g/mol. The highest BCUT2D eigenvalue weighted by Gasteiger charge is 2.56. The first kappa shape index (κ1) is 17.7. The molecule has 2 aromatic carbocycles. The summed E-state index contributed by atoms with van der Waals surface area (Å²) in [5.41, 5.74) is 1.79. The predicted molar refractivity (Wildman–Crippen MR) is 112 cm³/mol. The number of hydrogen-bond donors (Lipinski definition) is 1. The maximum atomic E-state index is 13.7. The first-order valence-corrected chi connectivity index (χ1v) is 9.61. The standard InChI is InChI=1S/C22H17ClN4O2/c1-2-11-26-17-9-5-3-7-14(17)22(21(26)29)12-19(28)25-20-15(22)13-24-27(20)18-10-6-4-8-16(18)23/h2-10,13H,1,11-12H2,(H,25,28)/t22-/m1/s1. The van der Waals surface area contributed by atoms with Gasteiger partial charge in [-0.25, -0.2) is 4.68 Å². The molecule has 7 heteroatoms. The summed E-state index contributed by atoms with van der Waals surface area (Å²) in [5, 5.41) is 7.88. The summed E-state index contributed by atoms with van der Waals surface area (Å²) >= 11 is 6.36. The van der Waals surface area contributed by atoms with Crippen molar-refractivity contribution < 1.29 is 9.59 Å². The van der Waals surface area contributed by atoms with Crippen molar-refractivity contribution in [1.29, 1.82) is 0 Å². The highest BCUT2D eigenvalue weighted by Crippen LogP contribution is 2.52. The molecule has 0 aliphatic carbocycles. The molecule has 0 saturated heterocycles. The topological polar surface area (TPSA) is 67.2 Å². The van der Waals surface area contributed by atoms with Gasteiger partial charge in [-0.3, -0.25) is 9.59 Å². The molecule has 0 bridgehead atoms. The van der Waals surface area contributed by atoms with Crippen LogP contribution in [-0.2, 0) is 15.0 Å². The number of carbonyl (C=O) groups excluding carboxylic acids is 2. The van der Waals surface area contributed by atoms with Gasteiger partial charge in [-0.15, -0.1) is 6.58 Å². The van der Waals surface area contributed by atoms with E-state index in [1.54, 1.807) is 27.9 Å².